The van der Waals surface area contributed by atoms with E-state index in [0.717, 1.165) is 29.0 Å². The number of halogens is 1. The van der Waals surface area contributed by atoms with Crippen LogP contribution in [0.3, 0.4) is 0 Å². The highest BCUT2D eigenvalue weighted by molar-refractivity contribution is 7.18. The van der Waals surface area contributed by atoms with E-state index in [1.165, 1.54) is 9.75 Å². The number of nitrogens with zero attached hydrogens (tertiary/aromatic N) is 2. The summed E-state index contributed by atoms with van der Waals surface area (Å²) in [7, 11) is 0. The quantitative estimate of drug-likeness (QED) is 0.717. The monoisotopic (exact) mass is 309 g/mol. The van der Waals surface area contributed by atoms with Crippen molar-refractivity contribution in [2.75, 3.05) is 5.32 Å². The van der Waals surface area contributed by atoms with Crippen LogP contribution >= 0.6 is 34.3 Å². The van der Waals surface area contributed by atoms with Gasteiger partial charge in [0.15, 0.2) is 0 Å². The molecule has 3 aromatic heterocycles. The van der Waals surface area contributed by atoms with Crippen LogP contribution in [0.5, 0.6) is 0 Å². The Hall–Kier alpha value is -1.17. The van der Waals surface area contributed by atoms with E-state index in [4.69, 9.17) is 11.6 Å². The molecule has 3 nitrogen and oxygen atoms in total. The summed E-state index contributed by atoms with van der Waals surface area (Å²) in [5.74, 6) is 0.819. The van der Waals surface area contributed by atoms with Crippen LogP contribution < -0.4 is 5.32 Å². The second kappa shape index (κ2) is 5.45. The Morgan fingerprint density at radius 2 is 2.21 bits per heavy atom. The van der Waals surface area contributed by atoms with Gasteiger partial charge in [-0.3, -0.25) is 0 Å². The minimum atomic E-state index is 0.297. The van der Waals surface area contributed by atoms with Gasteiger partial charge in [-0.1, -0.05) is 13.0 Å². The second-order valence-electron chi connectivity index (χ2n) is 4.06. The van der Waals surface area contributed by atoms with Crippen molar-refractivity contribution in [1.29, 1.82) is 0 Å². The van der Waals surface area contributed by atoms with Crippen molar-refractivity contribution in [1.82, 2.24) is 9.97 Å². The Kier molecular flexibility index (Phi) is 3.68. The number of hydrogen-bond donors (Lipinski definition) is 1. The van der Waals surface area contributed by atoms with Crippen LogP contribution in [0.25, 0.3) is 10.2 Å². The molecule has 0 spiro atoms. The molecule has 0 amide bonds. The maximum absolute atomic E-state index is 5.98. The summed E-state index contributed by atoms with van der Waals surface area (Å²) in [5, 5.41) is 6.77. The van der Waals surface area contributed by atoms with Crippen molar-refractivity contribution >= 4 is 50.3 Å². The van der Waals surface area contributed by atoms with Crippen LogP contribution in [0, 0.1) is 0 Å². The third-order valence-corrected chi connectivity index (χ3v) is 4.99. The molecule has 0 saturated carbocycles. The van der Waals surface area contributed by atoms with Crippen molar-refractivity contribution in [3.63, 3.8) is 0 Å². The molecule has 0 atom stereocenters. The molecule has 3 rings (SSSR count). The van der Waals surface area contributed by atoms with Gasteiger partial charge in [-0.15, -0.1) is 22.7 Å². The van der Waals surface area contributed by atoms with E-state index in [9.17, 15) is 0 Å². The van der Waals surface area contributed by atoms with Gasteiger partial charge in [-0.05, 0) is 35.5 Å². The fourth-order valence-electron chi connectivity index (χ4n) is 1.84. The number of fused-ring (bicyclic) bond motifs is 1. The summed E-state index contributed by atoms with van der Waals surface area (Å²) in [5.41, 5.74) is 0. The van der Waals surface area contributed by atoms with Gasteiger partial charge < -0.3 is 5.32 Å². The molecule has 0 saturated heterocycles. The van der Waals surface area contributed by atoms with Crippen LogP contribution in [-0.2, 0) is 13.0 Å². The molecular weight excluding hydrogens is 298 g/mol. The van der Waals surface area contributed by atoms with Crippen molar-refractivity contribution in [3.8, 4) is 0 Å². The lowest BCUT2D eigenvalue weighted by Gasteiger charge is -2.05. The first kappa shape index (κ1) is 12.8. The molecule has 0 aliphatic rings. The number of rotatable bonds is 4. The van der Waals surface area contributed by atoms with Gasteiger partial charge in [0.2, 0.25) is 5.28 Å². The molecule has 0 fully saturated rings. The molecule has 3 heterocycles. The Balaban J connectivity index is 1.94. The highest BCUT2D eigenvalue weighted by Crippen LogP contribution is 2.30. The molecule has 0 aromatic carbocycles. The van der Waals surface area contributed by atoms with E-state index in [2.05, 4.69) is 39.7 Å². The van der Waals surface area contributed by atoms with Gasteiger partial charge >= 0.3 is 0 Å². The van der Waals surface area contributed by atoms with Crippen molar-refractivity contribution in [2.45, 2.75) is 19.9 Å². The minimum absolute atomic E-state index is 0.297. The van der Waals surface area contributed by atoms with Crippen molar-refractivity contribution in [2.24, 2.45) is 0 Å². The van der Waals surface area contributed by atoms with E-state index >= 15 is 0 Å². The van der Waals surface area contributed by atoms with E-state index in [0.29, 0.717) is 5.28 Å². The summed E-state index contributed by atoms with van der Waals surface area (Å²) >= 11 is 9.39. The molecule has 0 aliphatic heterocycles. The zero-order valence-electron chi connectivity index (χ0n) is 10.3. The molecule has 0 unspecified atom stereocenters. The van der Waals surface area contributed by atoms with E-state index in [-0.39, 0.29) is 0 Å². The molecule has 1 N–H and O–H groups in total. The SMILES string of the molecule is CCc1cc2c(NCc3cccs3)nc(Cl)nc2s1. The lowest BCUT2D eigenvalue weighted by Crippen LogP contribution is -2.01. The van der Waals surface area contributed by atoms with E-state index in [1.807, 2.05) is 6.07 Å². The van der Waals surface area contributed by atoms with Crippen molar-refractivity contribution in [3.05, 3.63) is 38.6 Å². The average Bonchev–Trinajstić information content (AvgIpc) is 3.04. The summed E-state index contributed by atoms with van der Waals surface area (Å²) in [6.07, 6.45) is 1.00. The minimum Gasteiger partial charge on any atom is -0.364 e. The van der Waals surface area contributed by atoms with Crippen LogP contribution in [-0.4, -0.2) is 9.97 Å². The molecule has 3 aromatic rings. The molecular formula is C13H12ClN3S2. The number of thiophene rings is 2. The highest BCUT2D eigenvalue weighted by atomic mass is 35.5. The zero-order chi connectivity index (χ0) is 13.2. The van der Waals surface area contributed by atoms with Crippen LogP contribution in [0.15, 0.2) is 23.6 Å². The van der Waals surface area contributed by atoms with Gasteiger partial charge in [-0.25, -0.2) is 9.97 Å². The van der Waals surface area contributed by atoms with Gasteiger partial charge in [0.1, 0.15) is 10.6 Å². The number of hydrogen-bond acceptors (Lipinski definition) is 5. The Morgan fingerprint density at radius 1 is 1.32 bits per heavy atom. The molecule has 6 heteroatoms. The molecule has 0 radical (unpaired) electrons. The Labute approximate surface area is 124 Å². The summed E-state index contributed by atoms with van der Waals surface area (Å²) in [4.78, 5) is 12.1. The fraction of sp³-hybridized carbons (Fsp3) is 0.231. The zero-order valence-corrected chi connectivity index (χ0v) is 12.7. The topological polar surface area (TPSA) is 37.8 Å². The lowest BCUT2D eigenvalue weighted by atomic mass is 10.3. The normalized spacial score (nSPS) is 11.1. The van der Waals surface area contributed by atoms with Crippen LogP contribution in [0.1, 0.15) is 16.7 Å². The highest BCUT2D eigenvalue weighted by Gasteiger charge is 2.10. The van der Waals surface area contributed by atoms with E-state index < -0.39 is 0 Å². The number of aryl methyl sites for hydroxylation is 1. The summed E-state index contributed by atoms with van der Waals surface area (Å²) in [6.45, 7) is 2.90. The third-order valence-electron chi connectivity index (χ3n) is 2.78. The average molecular weight is 310 g/mol. The van der Waals surface area contributed by atoms with Crippen LogP contribution in [0.2, 0.25) is 5.28 Å². The Morgan fingerprint density at radius 3 is 2.95 bits per heavy atom. The largest absolute Gasteiger partial charge is 0.364 e. The summed E-state index contributed by atoms with van der Waals surface area (Å²) in [6, 6.07) is 6.29. The molecule has 98 valence electrons. The summed E-state index contributed by atoms with van der Waals surface area (Å²) < 4.78 is 0. The molecule has 19 heavy (non-hydrogen) atoms. The first-order valence-corrected chi connectivity index (χ1v) is 8.06. The first-order chi connectivity index (χ1) is 9.26. The fourth-order valence-corrected chi connectivity index (χ4v) is 3.67. The predicted octanol–water partition coefficient (Wildman–Crippen LogP) is 4.58. The Bertz CT molecular complexity index is 691. The van der Waals surface area contributed by atoms with Gasteiger partial charge in [-0.2, -0.15) is 0 Å². The third kappa shape index (κ3) is 2.73. The predicted molar refractivity (Wildman–Crippen MR) is 83.4 cm³/mol. The van der Waals surface area contributed by atoms with E-state index in [1.54, 1.807) is 22.7 Å². The smallest absolute Gasteiger partial charge is 0.225 e. The van der Waals surface area contributed by atoms with Gasteiger partial charge in [0.05, 0.1) is 11.9 Å². The van der Waals surface area contributed by atoms with Gasteiger partial charge in [0.25, 0.3) is 0 Å². The molecule has 0 bridgehead atoms. The number of anilines is 1. The number of aromatic nitrogens is 2. The standard InChI is InChI=1S/C13H12ClN3S2/c1-2-8-6-10-11(15-7-9-4-3-5-18-9)16-13(14)17-12(10)19-8/h3-6H,2,7H2,1H3,(H,15,16,17). The second-order valence-corrected chi connectivity index (χ2v) is 6.54. The van der Waals surface area contributed by atoms with Gasteiger partial charge in [0, 0.05) is 9.75 Å². The number of nitrogens with one attached hydrogen (secondary N) is 1. The first-order valence-electron chi connectivity index (χ1n) is 5.98. The maximum Gasteiger partial charge on any atom is 0.225 e. The maximum atomic E-state index is 5.98. The van der Waals surface area contributed by atoms with Crippen LogP contribution in [0.4, 0.5) is 5.82 Å². The molecule has 0 aliphatic carbocycles. The van der Waals surface area contributed by atoms with Crippen molar-refractivity contribution < 1.29 is 0 Å². The lowest BCUT2D eigenvalue weighted by molar-refractivity contribution is 1.13.